The molecule has 84 valence electrons. The molecule has 16 heavy (non-hydrogen) atoms. The van der Waals surface area contributed by atoms with E-state index in [1.165, 1.54) is 11.1 Å². The Morgan fingerprint density at radius 2 is 2.00 bits per heavy atom. The quantitative estimate of drug-likeness (QED) is 0.846. The van der Waals surface area contributed by atoms with Crippen molar-refractivity contribution in [2.45, 2.75) is 13.5 Å². The Morgan fingerprint density at radius 3 is 2.69 bits per heavy atom. The number of hydrogen-bond acceptors (Lipinski definition) is 2. The maximum absolute atomic E-state index is 4.50. The Kier molecular flexibility index (Phi) is 3.37. The second kappa shape index (κ2) is 4.94. The molecule has 1 aromatic heterocycles. The van der Waals surface area contributed by atoms with Crippen LogP contribution < -0.4 is 5.32 Å². The van der Waals surface area contributed by atoms with Gasteiger partial charge in [-0.2, -0.15) is 5.10 Å². The second-order valence-corrected chi connectivity index (χ2v) is 3.86. The van der Waals surface area contributed by atoms with Gasteiger partial charge in [-0.15, -0.1) is 0 Å². The van der Waals surface area contributed by atoms with Gasteiger partial charge < -0.3 is 5.32 Å². The molecule has 3 nitrogen and oxygen atoms in total. The summed E-state index contributed by atoms with van der Waals surface area (Å²) < 4.78 is 1.99. The van der Waals surface area contributed by atoms with Gasteiger partial charge in [0.1, 0.15) is 0 Å². The van der Waals surface area contributed by atoms with E-state index in [0.717, 1.165) is 18.8 Å². The Morgan fingerprint density at radius 1 is 1.25 bits per heavy atom. The standard InChI is InChI=1S/C13H17N3/c1-11-13(12-6-4-3-5-7-12)10-16(15-11)9-8-14-2/h3-7,10,14H,8-9H2,1-2H3. The molecule has 0 aliphatic heterocycles. The number of rotatable bonds is 4. The summed E-state index contributed by atoms with van der Waals surface area (Å²) in [6.07, 6.45) is 2.11. The fourth-order valence-corrected chi connectivity index (χ4v) is 1.76. The minimum Gasteiger partial charge on any atom is -0.318 e. The van der Waals surface area contributed by atoms with Crippen LogP contribution in [0.4, 0.5) is 0 Å². The van der Waals surface area contributed by atoms with Gasteiger partial charge in [-0.3, -0.25) is 4.68 Å². The molecule has 0 unspecified atom stereocenters. The molecule has 0 saturated carbocycles. The Hall–Kier alpha value is -1.61. The lowest BCUT2D eigenvalue weighted by Gasteiger charge is -1.99. The van der Waals surface area contributed by atoms with Crippen LogP contribution in [0.1, 0.15) is 5.69 Å². The van der Waals surface area contributed by atoms with E-state index in [4.69, 9.17) is 0 Å². The predicted molar refractivity (Wildman–Crippen MR) is 66.3 cm³/mol. The molecule has 2 rings (SSSR count). The maximum Gasteiger partial charge on any atom is 0.0672 e. The molecule has 0 aliphatic rings. The summed E-state index contributed by atoms with van der Waals surface area (Å²) in [5.41, 5.74) is 3.54. The lowest BCUT2D eigenvalue weighted by atomic mass is 10.1. The number of hydrogen-bond donors (Lipinski definition) is 1. The third kappa shape index (κ3) is 2.31. The largest absolute Gasteiger partial charge is 0.318 e. The third-order valence-corrected chi connectivity index (χ3v) is 2.62. The van der Waals surface area contributed by atoms with Gasteiger partial charge in [-0.25, -0.2) is 0 Å². The molecule has 1 N–H and O–H groups in total. The van der Waals surface area contributed by atoms with Gasteiger partial charge in [0, 0.05) is 18.3 Å². The zero-order valence-corrected chi connectivity index (χ0v) is 9.77. The topological polar surface area (TPSA) is 29.9 Å². The van der Waals surface area contributed by atoms with Crippen LogP contribution >= 0.6 is 0 Å². The predicted octanol–water partition coefficient (Wildman–Crippen LogP) is 2.08. The molecule has 0 amide bonds. The fraction of sp³-hybridized carbons (Fsp3) is 0.308. The first-order valence-corrected chi connectivity index (χ1v) is 5.55. The Bertz CT molecular complexity index is 445. The van der Waals surface area contributed by atoms with Crippen LogP contribution in [0.15, 0.2) is 36.5 Å². The van der Waals surface area contributed by atoms with E-state index in [1.54, 1.807) is 0 Å². The Labute approximate surface area is 96.1 Å². The minimum absolute atomic E-state index is 0.907. The summed E-state index contributed by atoms with van der Waals surface area (Å²) >= 11 is 0. The van der Waals surface area contributed by atoms with Crippen molar-refractivity contribution in [2.24, 2.45) is 0 Å². The van der Waals surface area contributed by atoms with Crippen LogP contribution in [-0.4, -0.2) is 23.4 Å². The summed E-state index contributed by atoms with van der Waals surface area (Å²) in [6.45, 7) is 3.90. The lowest BCUT2D eigenvalue weighted by molar-refractivity contribution is 0.581. The van der Waals surface area contributed by atoms with Crippen LogP contribution in [0.5, 0.6) is 0 Å². The van der Waals surface area contributed by atoms with Crippen LogP contribution in [0, 0.1) is 6.92 Å². The van der Waals surface area contributed by atoms with Crippen LogP contribution in [0.2, 0.25) is 0 Å². The van der Waals surface area contributed by atoms with E-state index in [-0.39, 0.29) is 0 Å². The van der Waals surface area contributed by atoms with Crippen molar-refractivity contribution >= 4 is 0 Å². The van der Waals surface area contributed by atoms with E-state index in [9.17, 15) is 0 Å². The van der Waals surface area contributed by atoms with Crippen LogP contribution in [0.25, 0.3) is 11.1 Å². The maximum atomic E-state index is 4.50. The summed E-state index contributed by atoms with van der Waals surface area (Å²) in [5.74, 6) is 0. The van der Waals surface area contributed by atoms with Gasteiger partial charge in [-0.05, 0) is 19.5 Å². The van der Waals surface area contributed by atoms with E-state index < -0.39 is 0 Å². The van der Waals surface area contributed by atoms with Crippen LogP contribution in [-0.2, 0) is 6.54 Å². The zero-order valence-electron chi connectivity index (χ0n) is 9.77. The third-order valence-electron chi connectivity index (χ3n) is 2.62. The molecule has 0 aliphatic carbocycles. The van der Waals surface area contributed by atoms with Crippen molar-refractivity contribution in [3.63, 3.8) is 0 Å². The van der Waals surface area contributed by atoms with Gasteiger partial charge in [0.15, 0.2) is 0 Å². The van der Waals surface area contributed by atoms with Gasteiger partial charge in [0.05, 0.1) is 12.2 Å². The summed E-state index contributed by atoms with van der Waals surface area (Å²) in [6, 6.07) is 10.4. The van der Waals surface area contributed by atoms with Crippen molar-refractivity contribution < 1.29 is 0 Å². The highest BCUT2D eigenvalue weighted by atomic mass is 15.3. The second-order valence-electron chi connectivity index (χ2n) is 3.86. The van der Waals surface area contributed by atoms with E-state index >= 15 is 0 Å². The average molecular weight is 215 g/mol. The summed E-state index contributed by atoms with van der Waals surface area (Å²) in [4.78, 5) is 0. The molecule has 0 fully saturated rings. The smallest absolute Gasteiger partial charge is 0.0672 e. The lowest BCUT2D eigenvalue weighted by Crippen LogP contribution is -2.15. The number of likely N-dealkylation sites (N-methyl/N-ethyl adjacent to an activating group) is 1. The highest BCUT2D eigenvalue weighted by Gasteiger charge is 2.05. The van der Waals surface area contributed by atoms with Gasteiger partial charge in [0.25, 0.3) is 0 Å². The van der Waals surface area contributed by atoms with Gasteiger partial charge in [-0.1, -0.05) is 30.3 Å². The SMILES string of the molecule is CNCCn1cc(-c2ccccc2)c(C)n1. The molecule has 1 heterocycles. The molecule has 3 heteroatoms. The van der Waals surface area contributed by atoms with Crippen molar-refractivity contribution in [3.8, 4) is 11.1 Å². The molecule has 0 radical (unpaired) electrons. The van der Waals surface area contributed by atoms with Crippen molar-refractivity contribution in [1.29, 1.82) is 0 Å². The van der Waals surface area contributed by atoms with Crippen molar-refractivity contribution in [3.05, 3.63) is 42.2 Å². The molecule has 0 bridgehead atoms. The van der Waals surface area contributed by atoms with Crippen LogP contribution in [0.3, 0.4) is 0 Å². The molecule has 0 saturated heterocycles. The Balaban J connectivity index is 2.25. The number of aromatic nitrogens is 2. The van der Waals surface area contributed by atoms with Crippen molar-refractivity contribution in [2.75, 3.05) is 13.6 Å². The first-order valence-electron chi connectivity index (χ1n) is 5.55. The molecule has 0 spiro atoms. The number of benzene rings is 1. The first kappa shape index (κ1) is 10.9. The number of aryl methyl sites for hydroxylation is 1. The van der Waals surface area contributed by atoms with Crippen molar-refractivity contribution in [1.82, 2.24) is 15.1 Å². The highest BCUT2D eigenvalue weighted by Crippen LogP contribution is 2.21. The summed E-state index contributed by atoms with van der Waals surface area (Å²) in [7, 11) is 1.95. The summed E-state index contributed by atoms with van der Waals surface area (Å²) in [5, 5.41) is 7.63. The van der Waals surface area contributed by atoms with Gasteiger partial charge >= 0.3 is 0 Å². The van der Waals surface area contributed by atoms with E-state index in [2.05, 4.69) is 47.8 Å². The molecular formula is C13H17N3. The minimum atomic E-state index is 0.907. The fourth-order valence-electron chi connectivity index (χ4n) is 1.76. The monoisotopic (exact) mass is 215 g/mol. The highest BCUT2D eigenvalue weighted by molar-refractivity contribution is 5.64. The zero-order chi connectivity index (χ0) is 11.4. The normalized spacial score (nSPS) is 10.6. The molecular weight excluding hydrogens is 198 g/mol. The number of nitrogens with one attached hydrogen (secondary N) is 1. The molecule has 1 aromatic carbocycles. The first-order chi connectivity index (χ1) is 7.81. The molecule has 2 aromatic rings. The molecule has 0 atom stereocenters. The van der Waals surface area contributed by atoms with Gasteiger partial charge in [0.2, 0.25) is 0 Å². The average Bonchev–Trinajstić information content (AvgIpc) is 2.69. The number of nitrogens with zero attached hydrogens (tertiary/aromatic N) is 2. The van der Waals surface area contributed by atoms with E-state index in [1.807, 2.05) is 17.8 Å². The van der Waals surface area contributed by atoms with E-state index in [0.29, 0.717) is 0 Å².